The second-order valence-corrected chi connectivity index (χ2v) is 4.36. The van der Waals surface area contributed by atoms with Crippen LogP contribution < -0.4 is 0 Å². The van der Waals surface area contributed by atoms with E-state index >= 15 is 0 Å². The Morgan fingerprint density at radius 1 is 1.24 bits per heavy atom. The van der Waals surface area contributed by atoms with Gasteiger partial charge < -0.3 is 10.0 Å². The molecule has 0 bridgehead atoms. The molecule has 0 saturated heterocycles. The van der Waals surface area contributed by atoms with E-state index in [-0.39, 0.29) is 5.92 Å². The first-order valence-corrected chi connectivity index (χ1v) is 6.34. The van der Waals surface area contributed by atoms with Crippen molar-refractivity contribution in [1.82, 2.24) is 4.90 Å². The Balaban J connectivity index is 0. The third-order valence-corrected chi connectivity index (χ3v) is 2.46. The van der Waals surface area contributed by atoms with Crippen molar-refractivity contribution in [3.8, 4) is 0 Å². The van der Waals surface area contributed by atoms with Crippen molar-refractivity contribution >= 4 is 12.4 Å². The zero-order valence-electron chi connectivity index (χ0n) is 11.6. The predicted molar refractivity (Wildman–Crippen MR) is 69.9 cm³/mol. The van der Waals surface area contributed by atoms with Gasteiger partial charge in [0.25, 0.3) is 0 Å². The minimum atomic E-state index is -0.631. The summed E-state index contributed by atoms with van der Waals surface area (Å²) in [5, 5.41) is 8.73. The number of amides is 1. The van der Waals surface area contributed by atoms with Crippen molar-refractivity contribution < 1.29 is 14.7 Å². The summed E-state index contributed by atoms with van der Waals surface area (Å²) in [5.74, 6) is -0.740. The molecule has 0 fully saturated rings. The van der Waals surface area contributed by atoms with Crippen molar-refractivity contribution in [3.05, 3.63) is 0 Å². The van der Waals surface area contributed by atoms with Gasteiger partial charge in [-0.05, 0) is 12.8 Å². The van der Waals surface area contributed by atoms with Crippen LogP contribution in [0.15, 0.2) is 0 Å². The van der Waals surface area contributed by atoms with Gasteiger partial charge in [-0.1, -0.05) is 39.5 Å². The Hall–Kier alpha value is -1.06. The van der Waals surface area contributed by atoms with Gasteiger partial charge >= 0.3 is 5.97 Å². The average Bonchev–Trinajstić information content (AvgIpc) is 2.29. The molecule has 0 heterocycles. The van der Waals surface area contributed by atoms with E-state index in [4.69, 9.17) is 5.11 Å². The maximum atomic E-state index is 10.6. The average molecular weight is 245 g/mol. The van der Waals surface area contributed by atoms with E-state index in [9.17, 15) is 9.59 Å². The maximum absolute atomic E-state index is 10.6. The van der Waals surface area contributed by atoms with Crippen molar-refractivity contribution in [1.29, 1.82) is 0 Å². The molecule has 1 amide bonds. The van der Waals surface area contributed by atoms with Crippen LogP contribution >= 0.6 is 0 Å². The molecule has 102 valence electrons. The molecule has 0 saturated carbocycles. The molecular weight excluding hydrogens is 218 g/mol. The summed E-state index contributed by atoms with van der Waals surface area (Å²) >= 11 is 0. The minimum Gasteiger partial charge on any atom is -0.481 e. The van der Waals surface area contributed by atoms with Crippen molar-refractivity contribution in [3.63, 3.8) is 0 Å². The fraction of sp³-hybridized carbons (Fsp3) is 0.846. The quantitative estimate of drug-likeness (QED) is 0.528. The number of unbranched alkanes of at least 4 members (excludes halogenated alkanes) is 3. The zero-order chi connectivity index (χ0) is 13.7. The zero-order valence-corrected chi connectivity index (χ0v) is 11.6. The van der Waals surface area contributed by atoms with Gasteiger partial charge in [0.2, 0.25) is 6.41 Å². The summed E-state index contributed by atoms with van der Waals surface area (Å²) in [7, 11) is 3.38. The first-order chi connectivity index (χ1) is 7.99. The number of carbonyl (C=O) groups excluding carboxylic acids is 1. The monoisotopic (exact) mass is 245 g/mol. The molecule has 4 heteroatoms. The lowest BCUT2D eigenvalue weighted by Crippen LogP contribution is -2.12. The summed E-state index contributed by atoms with van der Waals surface area (Å²) in [6.07, 6.45) is 7.06. The summed E-state index contributed by atoms with van der Waals surface area (Å²) in [4.78, 5) is 21.5. The molecule has 0 aliphatic carbocycles. The Morgan fingerprint density at radius 3 is 2.06 bits per heavy atom. The van der Waals surface area contributed by atoms with E-state index in [0.29, 0.717) is 0 Å². The molecule has 1 N–H and O–H groups in total. The van der Waals surface area contributed by atoms with Crippen LogP contribution in [-0.2, 0) is 9.59 Å². The van der Waals surface area contributed by atoms with Crippen LogP contribution in [0.4, 0.5) is 0 Å². The van der Waals surface area contributed by atoms with Gasteiger partial charge in [0.05, 0.1) is 5.92 Å². The van der Waals surface area contributed by atoms with Gasteiger partial charge in [0.1, 0.15) is 0 Å². The lowest BCUT2D eigenvalue weighted by Gasteiger charge is -2.08. The minimum absolute atomic E-state index is 0.109. The molecule has 0 aromatic rings. The molecule has 17 heavy (non-hydrogen) atoms. The molecule has 0 aliphatic rings. The summed E-state index contributed by atoms with van der Waals surface area (Å²) < 4.78 is 0. The fourth-order valence-electron chi connectivity index (χ4n) is 1.32. The first-order valence-electron chi connectivity index (χ1n) is 6.34. The molecule has 0 radical (unpaired) electrons. The number of aliphatic carboxylic acids is 1. The van der Waals surface area contributed by atoms with Crippen molar-refractivity contribution in [2.75, 3.05) is 14.1 Å². The summed E-state index contributed by atoms with van der Waals surface area (Å²) in [6.45, 7) is 4.10. The predicted octanol–water partition coefficient (Wildman–Crippen LogP) is 2.77. The third-order valence-electron chi connectivity index (χ3n) is 2.46. The smallest absolute Gasteiger partial charge is 0.306 e. The number of carboxylic acid groups (broad SMARTS) is 1. The third kappa shape index (κ3) is 14.9. The molecule has 4 nitrogen and oxygen atoms in total. The van der Waals surface area contributed by atoms with Crippen LogP contribution in [0.25, 0.3) is 0 Å². The van der Waals surface area contributed by atoms with Gasteiger partial charge in [0, 0.05) is 14.1 Å². The Bertz CT molecular complexity index is 193. The topological polar surface area (TPSA) is 57.6 Å². The fourth-order valence-corrected chi connectivity index (χ4v) is 1.32. The van der Waals surface area contributed by atoms with Crippen LogP contribution in [0.3, 0.4) is 0 Å². The maximum Gasteiger partial charge on any atom is 0.306 e. The highest BCUT2D eigenvalue weighted by Crippen LogP contribution is 2.13. The number of carbonyl (C=O) groups is 2. The molecule has 0 aromatic carbocycles. The van der Waals surface area contributed by atoms with Crippen molar-refractivity contribution in [2.45, 2.75) is 52.4 Å². The van der Waals surface area contributed by atoms with E-state index in [2.05, 4.69) is 6.92 Å². The van der Waals surface area contributed by atoms with E-state index in [0.717, 1.165) is 25.7 Å². The highest BCUT2D eigenvalue weighted by molar-refractivity contribution is 5.69. The molecular formula is C13H27NO3. The second-order valence-electron chi connectivity index (χ2n) is 4.36. The number of hydrogen-bond donors (Lipinski definition) is 1. The number of rotatable bonds is 8. The summed E-state index contributed by atoms with van der Waals surface area (Å²) in [6, 6.07) is 0. The lowest BCUT2D eigenvalue weighted by molar-refractivity contribution is -0.142. The SMILES string of the molecule is CCCCCCC(CC)C(=O)O.CN(C)C=O. The highest BCUT2D eigenvalue weighted by atomic mass is 16.4. The van der Waals surface area contributed by atoms with Crippen LogP contribution in [0.2, 0.25) is 0 Å². The van der Waals surface area contributed by atoms with Gasteiger partial charge in [0.15, 0.2) is 0 Å². The number of nitrogens with zero attached hydrogens (tertiary/aromatic N) is 1. The van der Waals surface area contributed by atoms with E-state index < -0.39 is 5.97 Å². The van der Waals surface area contributed by atoms with Crippen LogP contribution in [0.5, 0.6) is 0 Å². The van der Waals surface area contributed by atoms with Crippen LogP contribution in [0, 0.1) is 5.92 Å². The van der Waals surface area contributed by atoms with E-state index in [1.807, 2.05) is 6.92 Å². The molecule has 1 atom stereocenters. The number of hydrogen-bond acceptors (Lipinski definition) is 2. The van der Waals surface area contributed by atoms with E-state index in [1.165, 1.54) is 24.2 Å². The summed E-state index contributed by atoms with van der Waals surface area (Å²) in [5.41, 5.74) is 0. The Labute approximate surface area is 105 Å². The normalized spacial score (nSPS) is 11.1. The van der Waals surface area contributed by atoms with Crippen LogP contribution in [0.1, 0.15) is 52.4 Å². The van der Waals surface area contributed by atoms with Gasteiger partial charge in [-0.25, -0.2) is 0 Å². The van der Waals surface area contributed by atoms with Gasteiger partial charge in [-0.15, -0.1) is 0 Å². The van der Waals surface area contributed by atoms with Gasteiger partial charge in [-0.2, -0.15) is 0 Å². The Kier molecular flexibility index (Phi) is 14.0. The number of carboxylic acids is 1. The van der Waals surface area contributed by atoms with Crippen molar-refractivity contribution in [2.24, 2.45) is 5.92 Å². The largest absolute Gasteiger partial charge is 0.481 e. The first kappa shape index (κ1) is 18.3. The standard InChI is InChI=1S/C10H20O2.C3H7NO/c1-3-5-6-7-8-9(4-2)10(11)12;1-4(2)3-5/h9H,3-8H2,1-2H3,(H,11,12);3H,1-2H3. The Morgan fingerprint density at radius 2 is 1.76 bits per heavy atom. The van der Waals surface area contributed by atoms with Crippen LogP contribution in [-0.4, -0.2) is 36.5 Å². The van der Waals surface area contributed by atoms with E-state index in [1.54, 1.807) is 14.1 Å². The lowest BCUT2D eigenvalue weighted by atomic mass is 9.99. The molecule has 0 aliphatic heterocycles. The molecule has 0 spiro atoms. The highest BCUT2D eigenvalue weighted by Gasteiger charge is 2.13. The molecule has 1 unspecified atom stereocenters. The second kappa shape index (κ2) is 13.0. The van der Waals surface area contributed by atoms with Gasteiger partial charge in [-0.3, -0.25) is 9.59 Å². The molecule has 0 rings (SSSR count). The molecule has 0 aromatic heterocycles.